The molecule has 92 valence electrons. The van der Waals surface area contributed by atoms with E-state index in [1.807, 2.05) is 0 Å². The molecule has 1 heterocycles. The van der Waals surface area contributed by atoms with Gasteiger partial charge in [0.25, 0.3) is 0 Å². The maximum Gasteiger partial charge on any atom is 0.410 e. The molecule has 1 aliphatic heterocycles. The molecule has 0 N–H and O–H groups in total. The fourth-order valence-electron chi connectivity index (χ4n) is 1.45. The van der Waals surface area contributed by atoms with Gasteiger partial charge in [-0.2, -0.15) is 0 Å². The van der Waals surface area contributed by atoms with E-state index in [9.17, 15) is 9.59 Å². The van der Waals surface area contributed by atoms with Crippen LogP contribution in [0.4, 0.5) is 9.59 Å². The molecule has 0 saturated carbocycles. The smallest absolute Gasteiger partial charge is 0.410 e. The molecular formula is C10H16ClNO4. The Morgan fingerprint density at radius 3 is 2.50 bits per heavy atom. The lowest BCUT2D eigenvalue weighted by molar-refractivity contribution is 0.0266. The molecule has 1 atom stereocenters. The number of likely N-dealkylation sites (tertiary alicyclic amines) is 1. The normalized spacial score (nSPS) is 20.8. The SMILES string of the molecule is CC(C)(C)OC(=O)N1CC[C@H](OC(=O)Cl)C1. The number of amides is 1. The first-order valence-electron chi connectivity index (χ1n) is 5.12. The van der Waals surface area contributed by atoms with Gasteiger partial charge in [0.2, 0.25) is 0 Å². The summed E-state index contributed by atoms with van der Waals surface area (Å²) in [5.41, 5.74) is -1.35. The van der Waals surface area contributed by atoms with Gasteiger partial charge in [-0.3, -0.25) is 0 Å². The average Bonchev–Trinajstić information content (AvgIpc) is 2.48. The fourth-order valence-corrected chi connectivity index (χ4v) is 1.57. The second-order valence-electron chi connectivity index (χ2n) is 4.69. The molecule has 1 aliphatic rings. The van der Waals surface area contributed by atoms with Crippen LogP contribution in [-0.4, -0.2) is 41.2 Å². The van der Waals surface area contributed by atoms with Gasteiger partial charge < -0.3 is 14.4 Å². The molecule has 1 saturated heterocycles. The van der Waals surface area contributed by atoms with Crippen molar-refractivity contribution in [3.8, 4) is 0 Å². The minimum absolute atomic E-state index is 0.322. The van der Waals surface area contributed by atoms with Crippen molar-refractivity contribution in [3.63, 3.8) is 0 Å². The van der Waals surface area contributed by atoms with Gasteiger partial charge in [0.1, 0.15) is 11.7 Å². The van der Waals surface area contributed by atoms with E-state index < -0.39 is 11.0 Å². The van der Waals surface area contributed by atoms with Gasteiger partial charge in [-0.15, -0.1) is 0 Å². The molecule has 5 nitrogen and oxygen atoms in total. The number of ether oxygens (including phenoxy) is 2. The summed E-state index contributed by atoms with van der Waals surface area (Å²) < 4.78 is 9.99. The molecular weight excluding hydrogens is 234 g/mol. The largest absolute Gasteiger partial charge is 0.448 e. The van der Waals surface area contributed by atoms with Gasteiger partial charge >= 0.3 is 11.5 Å². The summed E-state index contributed by atoms with van der Waals surface area (Å²) in [5.74, 6) is 0. The second-order valence-corrected chi connectivity index (χ2v) is 5.00. The fraction of sp³-hybridized carbons (Fsp3) is 0.800. The second kappa shape index (κ2) is 4.91. The summed E-state index contributed by atoms with van der Waals surface area (Å²) in [5, 5.41) is 0. The first kappa shape index (κ1) is 13.1. The predicted molar refractivity (Wildman–Crippen MR) is 58.5 cm³/mol. The number of hydrogen-bond acceptors (Lipinski definition) is 4. The van der Waals surface area contributed by atoms with Crippen LogP contribution in [0.2, 0.25) is 0 Å². The third-order valence-corrected chi connectivity index (χ3v) is 2.15. The van der Waals surface area contributed by atoms with Crippen molar-refractivity contribution >= 4 is 23.1 Å². The molecule has 0 aromatic rings. The summed E-state index contributed by atoms with van der Waals surface area (Å²) in [6, 6.07) is 0. The van der Waals surface area contributed by atoms with Crippen molar-refractivity contribution in [1.82, 2.24) is 4.90 Å². The predicted octanol–water partition coefficient (Wildman–Crippen LogP) is 2.37. The Morgan fingerprint density at radius 1 is 1.38 bits per heavy atom. The topological polar surface area (TPSA) is 55.8 Å². The quantitative estimate of drug-likeness (QED) is 0.670. The van der Waals surface area contributed by atoms with E-state index in [1.54, 1.807) is 20.8 Å². The molecule has 0 aliphatic carbocycles. The standard InChI is InChI=1S/C10H16ClNO4/c1-10(2,3)16-9(14)12-5-4-7(6-12)15-8(11)13/h7H,4-6H2,1-3H3/t7-/m0/s1. The van der Waals surface area contributed by atoms with Crippen LogP contribution in [0.5, 0.6) is 0 Å². The zero-order valence-corrected chi connectivity index (χ0v) is 10.4. The highest BCUT2D eigenvalue weighted by molar-refractivity contribution is 6.61. The summed E-state index contributed by atoms with van der Waals surface area (Å²) in [7, 11) is 0. The summed E-state index contributed by atoms with van der Waals surface area (Å²) in [6.45, 7) is 6.27. The van der Waals surface area contributed by atoms with Crippen molar-refractivity contribution < 1.29 is 19.1 Å². The van der Waals surface area contributed by atoms with Gasteiger partial charge in [-0.1, -0.05) is 0 Å². The molecule has 0 aromatic heterocycles. The summed E-state index contributed by atoms with van der Waals surface area (Å²) in [4.78, 5) is 23.6. The lowest BCUT2D eigenvalue weighted by Crippen LogP contribution is -2.36. The van der Waals surface area contributed by atoms with Crippen molar-refractivity contribution in [2.24, 2.45) is 0 Å². The maximum atomic E-state index is 11.6. The van der Waals surface area contributed by atoms with Crippen LogP contribution < -0.4 is 0 Å². The zero-order chi connectivity index (χ0) is 12.3. The molecule has 6 heteroatoms. The van der Waals surface area contributed by atoms with Crippen LogP contribution >= 0.6 is 11.6 Å². The molecule has 1 fully saturated rings. The van der Waals surface area contributed by atoms with E-state index in [4.69, 9.17) is 21.1 Å². The van der Waals surface area contributed by atoms with Gasteiger partial charge in [0.05, 0.1) is 6.54 Å². The monoisotopic (exact) mass is 249 g/mol. The lowest BCUT2D eigenvalue weighted by Gasteiger charge is -2.24. The van der Waals surface area contributed by atoms with E-state index in [-0.39, 0.29) is 12.2 Å². The number of rotatable bonds is 1. The van der Waals surface area contributed by atoms with Crippen LogP contribution in [0, 0.1) is 0 Å². The van der Waals surface area contributed by atoms with Gasteiger partial charge in [-0.25, -0.2) is 9.59 Å². The first-order chi connectivity index (χ1) is 7.28. The van der Waals surface area contributed by atoms with Crippen LogP contribution in [-0.2, 0) is 9.47 Å². The van der Waals surface area contributed by atoms with E-state index >= 15 is 0 Å². The van der Waals surface area contributed by atoms with Crippen molar-refractivity contribution in [2.75, 3.05) is 13.1 Å². The average molecular weight is 250 g/mol. The Bertz CT molecular complexity index is 287. The highest BCUT2D eigenvalue weighted by atomic mass is 35.5. The number of halogens is 1. The van der Waals surface area contributed by atoms with Gasteiger partial charge in [-0.05, 0) is 20.8 Å². The lowest BCUT2D eigenvalue weighted by atomic mass is 10.2. The third kappa shape index (κ3) is 4.26. The van der Waals surface area contributed by atoms with Gasteiger partial charge in [0.15, 0.2) is 0 Å². The van der Waals surface area contributed by atoms with Gasteiger partial charge in [0, 0.05) is 24.6 Å². The molecule has 0 unspecified atom stereocenters. The molecule has 1 amide bonds. The molecule has 0 bridgehead atoms. The summed E-state index contributed by atoms with van der Waals surface area (Å²) in [6.07, 6.45) is -0.115. The van der Waals surface area contributed by atoms with Crippen LogP contribution in [0.25, 0.3) is 0 Å². The van der Waals surface area contributed by atoms with Crippen LogP contribution in [0.1, 0.15) is 27.2 Å². The minimum Gasteiger partial charge on any atom is -0.448 e. The molecule has 0 radical (unpaired) electrons. The molecule has 16 heavy (non-hydrogen) atoms. The highest BCUT2D eigenvalue weighted by Crippen LogP contribution is 2.17. The molecule has 0 spiro atoms. The number of carbonyl (C=O) groups excluding carboxylic acids is 2. The van der Waals surface area contributed by atoms with E-state index in [1.165, 1.54) is 4.90 Å². The highest BCUT2D eigenvalue weighted by Gasteiger charge is 2.31. The Kier molecular flexibility index (Phi) is 4.02. The zero-order valence-electron chi connectivity index (χ0n) is 9.66. The van der Waals surface area contributed by atoms with Crippen molar-refractivity contribution in [1.29, 1.82) is 0 Å². The minimum atomic E-state index is -0.837. The Morgan fingerprint density at radius 2 is 2.00 bits per heavy atom. The molecule has 0 aromatic carbocycles. The number of carbonyl (C=O) groups is 2. The molecule has 1 rings (SSSR count). The van der Waals surface area contributed by atoms with Crippen LogP contribution in [0.3, 0.4) is 0 Å². The summed E-state index contributed by atoms with van der Waals surface area (Å²) >= 11 is 5.10. The third-order valence-electron chi connectivity index (χ3n) is 2.06. The maximum absolute atomic E-state index is 11.6. The number of nitrogens with zero attached hydrogens (tertiary/aromatic N) is 1. The number of hydrogen-bond donors (Lipinski definition) is 0. The Labute approximate surface area is 99.6 Å². The van der Waals surface area contributed by atoms with E-state index in [2.05, 4.69) is 0 Å². The van der Waals surface area contributed by atoms with E-state index in [0.717, 1.165) is 0 Å². The Balaban J connectivity index is 2.41. The Hall–Kier alpha value is -0.970. The van der Waals surface area contributed by atoms with E-state index in [0.29, 0.717) is 19.5 Å². The van der Waals surface area contributed by atoms with Crippen LogP contribution in [0.15, 0.2) is 0 Å². The van der Waals surface area contributed by atoms with Crippen molar-refractivity contribution in [2.45, 2.75) is 38.9 Å². The van der Waals surface area contributed by atoms with Crippen molar-refractivity contribution in [3.05, 3.63) is 0 Å². The first-order valence-corrected chi connectivity index (χ1v) is 5.50.